The van der Waals surface area contributed by atoms with Gasteiger partial charge in [0.1, 0.15) is 17.0 Å². The molecule has 0 amide bonds. The smallest absolute Gasteiger partial charge is 0.241 e. The minimum absolute atomic E-state index is 0.0852. The first-order valence-corrected chi connectivity index (χ1v) is 12.5. The Kier molecular flexibility index (Phi) is 5.81. The van der Waals surface area contributed by atoms with Crippen LogP contribution in [0.2, 0.25) is 5.02 Å². The van der Waals surface area contributed by atoms with E-state index in [-0.39, 0.29) is 16.8 Å². The van der Waals surface area contributed by atoms with Gasteiger partial charge in [0, 0.05) is 35.9 Å². The molecular formula is C20H15ClF2N6O3S2. The van der Waals surface area contributed by atoms with Crippen LogP contribution in [-0.4, -0.2) is 40.6 Å². The highest BCUT2D eigenvalue weighted by Crippen LogP contribution is 2.43. The van der Waals surface area contributed by atoms with Crippen molar-refractivity contribution in [2.24, 2.45) is 5.14 Å². The lowest BCUT2D eigenvalue weighted by molar-refractivity contribution is 0.321. The summed E-state index contributed by atoms with van der Waals surface area (Å²) in [4.78, 5) is 2.88. The number of rotatable bonds is 6. The highest BCUT2D eigenvalue weighted by molar-refractivity contribution is 7.89. The summed E-state index contributed by atoms with van der Waals surface area (Å²) in [5.74, 6) is -2.86. The van der Waals surface area contributed by atoms with Crippen molar-refractivity contribution < 1.29 is 21.9 Å². The molecule has 3 N–H and O–H groups in total. The quantitative estimate of drug-likeness (QED) is 0.395. The van der Waals surface area contributed by atoms with Crippen molar-refractivity contribution in [2.45, 2.75) is 10.9 Å². The Hall–Kier alpha value is -2.97. The highest BCUT2D eigenvalue weighted by atomic mass is 35.5. The van der Waals surface area contributed by atoms with Crippen molar-refractivity contribution >= 4 is 33.2 Å². The van der Waals surface area contributed by atoms with Crippen LogP contribution in [0.15, 0.2) is 47.8 Å². The lowest BCUT2D eigenvalue weighted by Gasteiger charge is -2.29. The number of nitrogens with one attached hydrogen (secondary N) is 1. The number of hydrogen-bond donors (Lipinski definition) is 2. The van der Waals surface area contributed by atoms with E-state index in [4.69, 9.17) is 21.5 Å². The zero-order chi connectivity index (χ0) is 24.0. The van der Waals surface area contributed by atoms with E-state index in [1.54, 1.807) is 23.0 Å². The summed E-state index contributed by atoms with van der Waals surface area (Å²) >= 11 is 6.97. The van der Waals surface area contributed by atoms with Gasteiger partial charge in [0.15, 0.2) is 22.4 Å². The van der Waals surface area contributed by atoms with Crippen LogP contribution in [0.1, 0.15) is 6.04 Å². The first-order chi connectivity index (χ1) is 16.2. The van der Waals surface area contributed by atoms with E-state index in [0.29, 0.717) is 22.3 Å². The van der Waals surface area contributed by atoms with Crippen molar-refractivity contribution in [3.05, 3.63) is 59.5 Å². The van der Waals surface area contributed by atoms with Gasteiger partial charge >= 0.3 is 0 Å². The molecule has 0 spiro atoms. The molecule has 1 aliphatic heterocycles. The molecule has 176 valence electrons. The number of ether oxygens (including phenoxy) is 1. The molecule has 0 aliphatic carbocycles. The van der Waals surface area contributed by atoms with Crippen LogP contribution in [0.3, 0.4) is 0 Å². The summed E-state index contributed by atoms with van der Waals surface area (Å²) in [5.41, 5.74) is 0.628. The first-order valence-electron chi connectivity index (χ1n) is 9.78. The van der Waals surface area contributed by atoms with Crippen molar-refractivity contribution in [3.8, 4) is 33.3 Å². The van der Waals surface area contributed by atoms with Gasteiger partial charge < -0.3 is 10.1 Å². The number of sulfonamides is 1. The normalized spacial score (nSPS) is 14.2. The van der Waals surface area contributed by atoms with E-state index in [1.807, 2.05) is 0 Å². The minimum Gasteiger partial charge on any atom is -0.453 e. The molecule has 2 aromatic heterocycles. The predicted molar refractivity (Wildman–Crippen MR) is 121 cm³/mol. The molecule has 2 aromatic carbocycles. The van der Waals surface area contributed by atoms with Gasteiger partial charge in [-0.1, -0.05) is 11.6 Å². The van der Waals surface area contributed by atoms with E-state index >= 15 is 8.78 Å². The third-order valence-electron chi connectivity index (χ3n) is 5.22. The van der Waals surface area contributed by atoms with Gasteiger partial charge in [-0.25, -0.2) is 27.3 Å². The predicted octanol–water partition coefficient (Wildman–Crippen LogP) is 3.58. The van der Waals surface area contributed by atoms with Crippen LogP contribution < -0.4 is 15.2 Å². The van der Waals surface area contributed by atoms with E-state index in [2.05, 4.69) is 19.8 Å². The molecule has 14 heteroatoms. The van der Waals surface area contributed by atoms with Crippen LogP contribution in [0.25, 0.3) is 21.8 Å². The number of nitrogens with two attached hydrogens (primary N) is 1. The van der Waals surface area contributed by atoms with Gasteiger partial charge in [0.05, 0.1) is 17.3 Å². The van der Waals surface area contributed by atoms with Gasteiger partial charge in [-0.2, -0.15) is 9.47 Å². The second kappa shape index (κ2) is 8.67. The molecule has 9 nitrogen and oxygen atoms in total. The van der Waals surface area contributed by atoms with Gasteiger partial charge in [-0.05, 0) is 35.8 Å². The summed E-state index contributed by atoms with van der Waals surface area (Å²) in [6, 6.07) is 6.99. The summed E-state index contributed by atoms with van der Waals surface area (Å²) in [6.07, 6.45) is 2.75. The molecule has 0 unspecified atom stereocenters. The summed E-state index contributed by atoms with van der Waals surface area (Å²) < 4.78 is 65.7. The zero-order valence-corrected chi connectivity index (χ0v) is 19.5. The van der Waals surface area contributed by atoms with Gasteiger partial charge in [0.2, 0.25) is 10.0 Å². The average molecular weight is 525 g/mol. The Balaban J connectivity index is 1.68. The van der Waals surface area contributed by atoms with Gasteiger partial charge in [0.25, 0.3) is 0 Å². The molecule has 0 bridgehead atoms. The topological polar surface area (TPSA) is 125 Å². The number of aromatic nitrogens is 4. The van der Waals surface area contributed by atoms with Crippen molar-refractivity contribution in [2.75, 3.05) is 13.1 Å². The maximum absolute atomic E-state index is 15.3. The molecule has 4 aromatic rings. The molecule has 0 saturated carbocycles. The molecule has 0 atom stereocenters. The maximum atomic E-state index is 15.3. The fraction of sp³-hybridized carbons (Fsp3) is 0.150. The lowest BCUT2D eigenvalue weighted by atomic mass is 10.1. The molecule has 5 rings (SSSR count). The Bertz CT molecular complexity index is 1490. The average Bonchev–Trinajstić information content (AvgIpc) is 3.42. The largest absolute Gasteiger partial charge is 0.453 e. The fourth-order valence-electron chi connectivity index (χ4n) is 3.53. The van der Waals surface area contributed by atoms with Crippen LogP contribution in [0.4, 0.5) is 8.78 Å². The number of hydrogen-bond acceptors (Lipinski definition) is 8. The molecule has 1 fully saturated rings. The zero-order valence-electron chi connectivity index (χ0n) is 17.1. The Morgan fingerprint density at radius 2 is 2.03 bits per heavy atom. The van der Waals surface area contributed by atoms with E-state index in [0.717, 1.165) is 30.9 Å². The number of halogens is 3. The Morgan fingerprint density at radius 3 is 2.68 bits per heavy atom. The monoisotopic (exact) mass is 524 g/mol. The molecule has 0 radical (unpaired) electrons. The van der Waals surface area contributed by atoms with Crippen molar-refractivity contribution in [1.82, 2.24) is 24.5 Å². The molecular weight excluding hydrogens is 510 g/mol. The van der Waals surface area contributed by atoms with Crippen LogP contribution >= 0.6 is 23.1 Å². The Labute approximate surface area is 201 Å². The molecule has 1 saturated heterocycles. The molecule has 1 aliphatic rings. The van der Waals surface area contributed by atoms with E-state index in [9.17, 15) is 8.42 Å². The lowest BCUT2D eigenvalue weighted by Crippen LogP contribution is -2.44. The first kappa shape index (κ1) is 22.8. The van der Waals surface area contributed by atoms with Crippen LogP contribution in [0.5, 0.6) is 11.5 Å². The number of primary sulfonamides is 1. The second-order valence-corrected chi connectivity index (χ2v) is 10.1. The Morgan fingerprint density at radius 1 is 1.24 bits per heavy atom. The van der Waals surface area contributed by atoms with E-state index < -0.39 is 37.9 Å². The van der Waals surface area contributed by atoms with E-state index in [1.165, 1.54) is 12.1 Å². The summed E-state index contributed by atoms with van der Waals surface area (Å²) in [6.45, 7) is 1.45. The fourth-order valence-corrected chi connectivity index (χ4v) is 4.89. The molecule has 3 heterocycles. The van der Waals surface area contributed by atoms with Crippen molar-refractivity contribution in [1.29, 1.82) is 0 Å². The number of benzene rings is 2. The number of nitrogens with zero attached hydrogens (tertiary/aromatic N) is 4. The van der Waals surface area contributed by atoms with Gasteiger partial charge in [-0.3, -0.25) is 4.68 Å². The van der Waals surface area contributed by atoms with Gasteiger partial charge in [-0.15, -0.1) is 0 Å². The third-order valence-corrected chi connectivity index (χ3v) is 7.05. The second-order valence-electron chi connectivity index (χ2n) is 7.38. The highest BCUT2D eigenvalue weighted by Gasteiger charge is 2.30. The van der Waals surface area contributed by atoms with Crippen LogP contribution in [-0.2, 0) is 10.0 Å². The summed E-state index contributed by atoms with van der Waals surface area (Å²) in [5, 5.41) is 12.9. The summed E-state index contributed by atoms with van der Waals surface area (Å²) in [7, 11) is -4.57. The minimum atomic E-state index is -4.57. The van der Waals surface area contributed by atoms with Crippen LogP contribution in [0, 0.1) is 11.6 Å². The third kappa shape index (κ3) is 4.05. The molecule has 34 heavy (non-hydrogen) atoms. The SMILES string of the molecule is NS(=O)(=O)c1cc(F)c(Oc2ccc(Cl)cc2-c2ccnn2C2CNC2)c(-c2ncns2)c1F. The maximum Gasteiger partial charge on any atom is 0.241 e. The van der Waals surface area contributed by atoms with Crippen molar-refractivity contribution in [3.63, 3.8) is 0 Å². The standard InChI is InChI=1S/C20H15ClF2N6O3S2/c21-10-1-2-15(12(5-10)14-3-4-27-29(14)11-7-25-8-11)32-19-13(22)6-16(34(24,30)31)18(23)17(19)20-26-9-28-33-20/h1-6,9,11,25H,7-8H2,(H2,24,30,31).